The summed E-state index contributed by atoms with van der Waals surface area (Å²) < 4.78 is 0. The van der Waals surface area contributed by atoms with Gasteiger partial charge in [0.05, 0.1) is 6.61 Å². The molecule has 0 saturated heterocycles. The summed E-state index contributed by atoms with van der Waals surface area (Å²) >= 11 is 7.39. The van der Waals surface area contributed by atoms with E-state index >= 15 is 0 Å². The minimum atomic E-state index is -1.04. The monoisotopic (exact) mass is 725 g/mol. The molecule has 0 fully saturated rings. The van der Waals surface area contributed by atoms with Crippen LogP contribution in [0.25, 0.3) is 0 Å². The van der Waals surface area contributed by atoms with Crippen molar-refractivity contribution in [1.82, 2.24) is 10.9 Å². The zero-order valence-electron chi connectivity index (χ0n) is 11.4. The number of nitrogens with one attached hydrogen (secondary N) is 2. The zero-order chi connectivity index (χ0) is 17.3. The molecule has 13 heteroatoms. The maximum absolute atomic E-state index is 11.2. The Balaban J connectivity index is 0. The van der Waals surface area contributed by atoms with Gasteiger partial charge in [-0.25, -0.2) is 5.43 Å². The van der Waals surface area contributed by atoms with Crippen LogP contribution in [-0.2, 0) is 16.3 Å². The van der Waals surface area contributed by atoms with Crippen LogP contribution in [0.1, 0.15) is 5.56 Å². The molecule has 0 heterocycles. The summed E-state index contributed by atoms with van der Waals surface area (Å²) in [6.45, 7) is -0.484. The van der Waals surface area contributed by atoms with Gasteiger partial charge in [0.2, 0.25) is 5.75 Å². The van der Waals surface area contributed by atoms with Gasteiger partial charge in [-0.1, -0.05) is 6.07 Å². The number of halogens is 4. The van der Waals surface area contributed by atoms with E-state index in [2.05, 4.69) is 70.8 Å². The molecular formula is C10H16ClI3N3O5V. The van der Waals surface area contributed by atoms with Gasteiger partial charge >= 0.3 is 64.9 Å². The van der Waals surface area contributed by atoms with Crippen molar-refractivity contribution in [2.45, 2.75) is 12.6 Å². The van der Waals surface area contributed by atoms with E-state index in [4.69, 9.17) is 15.9 Å². The van der Waals surface area contributed by atoms with Crippen molar-refractivity contribution in [2.75, 3.05) is 6.61 Å². The van der Waals surface area contributed by atoms with Gasteiger partial charge in [0.1, 0.15) is 6.04 Å². The number of aliphatic hydroxyl groups excluding tert-OH is 1. The first-order valence-corrected chi connectivity index (χ1v) is 19.1. The third-order valence-electron chi connectivity index (χ3n) is 2.24. The number of phenolic OH excluding ortho intramolecular Hbond substituents is 3. The number of aliphatic hydroxyl groups is 1. The number of hydrogen-bond acceptors (Lipinski definition) is 7. The fourth-order valence-electron chi connectivity index (χ4n) is 1.16. The number of hydrazine groups is 1. The number of phenols is 3. The van der Waals surface area contributed by atoms with E-state index in [-0.39, 0.29) is 29.4 Å². The fraction of sp³-hybridized carbons (Fsp3) is 0.300. The number of carbonyl (C=O) groups is 1. The van der Waals surface area contributed by atoms with E-state index in [0.29, 0.717) is 0 Å². The van der Waals surface area contributed by atoms with Crippen molar-refractivity contribution in [3.05, 3.63) is 17.7 Å². The second kappa shape index (κ2) is 14.2. The summed E-state index contributed by atoms with van der Waals surface area (Å²) in [5, 5.41) is 36.4. The molecule has 1 unspecified atom stereocenters. The molecule has 0 aromatic heterocycles. The third-order valence-corrected chi connectivity index (χ3v) is 2.24. The van der Waals surface area contributed by atoms with Crippen LogP contribution in [0.5, 0.6) is 17.2 Å². The van der Waals surface area contributed by atoms with E-state index < -0.39 is 35.8 Å². The van der Waals surface area contributed by atoms with Gasteiger partial charge in [-0.3, -0.25) is 10.2 Å². The second-order valence-corrected chi connectivity index (χ2v) is 39.1. The first kappa shape index (κ1) is 26.3. The first-order chi connectivity index (χ1) is 10.2. The molecule has 0 spiro atoms. The van der Waals surface area contributed by atoms with E-state index in [9.17, 15) is 15.0 Å². The molecule has 0 bridgehead atoms. The molecular weight excluding hydrogens is 709 g/mol. The van der Waals surface area contributed by atoms with Crippen LogP contribution in [0.2, 0.25) is 0 Å². The minimum absolute atomic E-state index is 0. The number of amides is 1. The van der Waals surface area contributed by atoms with Crippen LogP contribution in [0.15, 0.2) is 12.1 Å². The van der Waals surface area contributed by atoms with E-state index in [1.54, 1.807) is 0 Å². The number of aromatic hydroxyl groups is 3. The molecule has 1 aromatic carbocycles. The Morgan fingerprint density at radius 3 is 2.22 bits per heavy atom. The van der Waals surface area contributed by atoms with Crippen molar-refractivity contribution in [3.8, 4) is 17.2 Å². The van der Waals surface area contributed by atoms with Gasteiger partial charge in [0.25, 0.3) is 5.91 Å². The third kappa shape index (κ3) is 11.3. The Bertz CT molecular complexity index is 498. The molecule has 1 rings (SSSR count). The predicted molar refractivity (Wildman–Crippen MR) is 111 cm³/mol. The Morgan fingerprint density at radius 2 is 1.74 bits per heavy atom. The first-order valence-electron chi connectivity index (χ1n) is 5.60. The number of carbonyl (C=O) groups excluding carboxylic acids is 1. The van der Waals surface area contributed by atoms with Gasteiger partial charge in [-0.2, -0.15) is 0 Å². The van der Waals surface area contributed by atoms with Gasteiger partial charge < -0.3 is 26.2 Å². The van der Waals surface area contributed by atoms with Crippen molar-refractivity contribution < 1.29 is 30.1 Å². The summed E-state index contributed by atoms with van der Waals surface area (Å²) in [7, 11) is 0. The normalized spacial score (nSPS) is 11.0. The van der Waals surface area contributed by atoms with Crippen LogP contribution in [-0.4, -0.2) is 39.0 Å². The standard InChI is InChI=1S/C10H15N3O5.ClH.3HI.V/c11-6(4-14)10(18)13-12-3-5-1-2-7(15)9(17)8(5)16;;;;;/h1-2,6,12,14-17H,3-4,11H2,(H,13,18);4*1H;/q;;;;;+3/p-3. The second-order valence-electron chi connectivity index (χ2n) is 3.76. The van der Waals surface area contributed by atoms with Crippen LogP contribution in [0, 0.1) is 0 Å². The summed E-state index contributed by atoms with van der Waals surface area (Å²) in [5.41, 5.74) is 10.2. The van der Waals surface area contributed by atoms with Gasteiger partial charge in [0.15, 0.2) is 11.5 Å². The molecule has 0 aliphatic heterocycles. The molecule has 8 nitrogen and oxygen atoms in total. The molecule has 1 atom stereocenters. The summed E-state index contributed by atoms with van der Waals surface area (Å²) in [4.78, 5) is 10.9. The predicted octanol–water partition coefficient (Wildman–Crippen LogP) is 1.32. The quantitative estimate of drug-likeness (QED) is 0.138. The Hall–Kier alpha value is 1.03. The molecule has 1 amide bonds. The van der Waals surface area contributed by atoms with E-state index in [1.807, 2.05) is 0 Å². The van der Waals surface area contributed by atoms with Crippen molar-refractivity contribution in [1.29, 1.82) is 0 Å². The van der Waals surface area contributed by atoms with Gasteiger partial charge in [-0.15, -0.1) is 12.4 Å². The van der Waals surface area contributed by atoms with Crippen LogP contribution >= 0.6 is 72.3 Å². The molecule has 8 N–H and O–H groups in total. The molecule has 0 radical (unpaired) electrons. The van der Waals surface area contributed by atoms with E-state index in [1.165, 1.54) is 12.1 Å². The SMILES string of the molecule is Cl.NC(CO)C(=O)NNCc1ccc(O)c(O)c1O.[I][V]([I])[I]. The summed E-state index contributed by atoms with van der Waals surface area (Å²) in [5.74, 6) is -2.17. The van der Waals surface area contributed by atoms with Crippen LogP contribution < -0.4 is 16.6 Å². The number of nitrogens with two attached hydrogens (primary N) is 1. The van der Waals surface area contributed by atoms with Gasteiger partial charge in [-0.05, 0) is 6.07 Å². The Morgan fingerprint density at radius 1 is 1.22 bits per heavy atom. The fourth-order valence-corrected chi connectivity index (χ4v) is 1.16. The molecule has 1 aromatic rings. The number of rotatable bonds is 5. The van der Waals surface area contributed by atoms with Crippen LogP contribution in [0.3, 0.4) is 0 Å². The number of hydrogen-bond donors (Lipinski definition) is 7. The molecule has 0 aliphatic carbocycles. The molecule has 134 valence electrons. The molecule has 0 saturated carbocycles. The van der Waals surface area contributed by atoms with E-state index in [0.717, 1.165) is 0 Å². The van der Waals surface area contributed by atoms with Gasteiger partial charge in [0, 0.05) is 12.1 Å². The Labute approximate surface area is 177 Å². The van der Waals surface area contributed by atoms with Crippen molar-refractivity contribution in [3.63, 3.8) is 0 Å². The average Bonchev–Trinajstić information content (AvgIpc) is 2.45. The average molecular weight is 725 g/mol. The van der Waals surface area contributed by atoms with Crippen LogP contribution in [0.4, 0.5) is 0 Å². The zero-order valence-corrected chi connectivity index (χ0v) is 20.1. The summed E-state index contributed by atoms with van der Waals surface area (Å²) in [6, 6.07) is 1.53. The Kier molecular flexibility index (Phi) is 16.3. The molecule has 0 aliphatic rings. The summed E-state index contributed by atoms with van der Waals surface area (Å²) in [6.07, 6.45) is 0. The molecule has 23 heavy (non-hydrogen) atoms. The maximum atomic E-state index is 11.2. The number of benzene rings is 1. The van der Waals surface area contributed by atoms with Crippen molar-refractivity contribution >= 4 is 78.3 Å². The van der Waals surface area contributed by atoms with Crippen molar-refractivity contribution in [2.24, 2.45) is 5.73 Å². The topological polar surface area (TPSA) is 148 Å².